The van der Waals surface area contributed by atoms with Gasteiger partial charge in [-0.05, 0) is 18.4 Å². The minimum atomic E-state index is -0.157. The maximum Gasteiger partial charge on any atom is 0.291 e. The highest BCUT2D eigenvalue weighted by Crippen LogP contribution is 2.30. The van der Waals surface area contributed by atoms with Crippen LogP contribution in [0.4, 0.5) is 5.82 Å². The van der Waals surface area contributed by atoms with E-state index in [-0.39, 0.29) is 18.9 Å². The largest absolute Gasteiger partial charge is 0.394 e. The first kappa shape index (κ1) is 17.7. The Hall–Kier alpha value is -2.71. The highest BCUT2D eigenvalue weighted by atomic mass is 16.6. The summed E-state index contributed by atoms with van der Waals surface area (Å²) in [6.45, 7) is 0.776. The standard InChI is InChI=1S/C19H23N5O3/c1-26-24-13-22-18-17(19(24)20-10-9-14-5-3-2-4-6-14)21-12-23(18)16-8-7-15(11-25)27-16/h2-6,12-13,15-16,25H,7-11H2,1H3/p+1. The van der Waals surface area contributed by atoms with Crippen LogP contribution in [0.5, 0.6) is 0 Å². The van der Waals surface area contributed by atoms with Crippen molar-refractivity contribution in [1.82, 2.24) is 14.5 Å². The number of aliphatic hydroxyl groups is 1. The molecule has 1 aliphatic heterocycles. The van der Waals surface area contributed by atoms with Crippen LogP contribution >= 0.6 is 0 Å². The molecule has 1 aliphatic rings. The Morgan fingerprint density at radius 1 is 1.30 bits per heavy atom. The Balaban J connectivity index is 1.57. The van der Waals surface area contributed by atoms with Crippen LogP contribution in [0.2, 0.25) is 0 Å². The van der Waals surface area contributed by atoms with E-state index >= 15 is 0 Å². The third kappa shape index (κ3) is 3.58. The van der Waals surface area contributed by atoms with Crippen molar-refractivity contribution < 1.29 is 19.4 Å². The second kappa shape index (κ2) is 7.89. The molecular formula is C19H24N5O3+. The van der Waals surface area contributed by atoms with E-state index in [1.54, 1.807) is 24.5 Å². The lowest BCUT2D eigenvalue weighted by molar-refractivity contribution is -0.875. The second-order valence-electron chi connectivity index (χ2n) is 6.56. The predicted octanol–water partition coefficient (Wildman–Crippen LogP) is 1.10. The van der Waals surface area contributed by atoms with Crippen molar-refractivity contribution in [3.05, 3.63) is 48.5 Å². The van der Waals surface area contributed by atoms with Gasteiger partial charge in [0.15, 0.2) is 0 Å². The van der Waals surface area contributed by atoms with Crippen LogP contribution in [0.15, 0.2) is 43.0 Å². The van der Waals surface area contributed by atoms with E-state index in [0.717, 1.165) is 42.8 Å². The molecule has 2 N–H and O–H groups in total. The summed E-state index contributed by atoms with van der Waals surface area (Å²) < 4.78 is 9.38. The van der Waals surface area contributed by atoms with Gasteiger partial charge in [0.2, 0.25) is 11.2 Å². The third-order valence-electron chi connectivity index (χ3n) is 4.84. The highest BCUT2D eigenvalue weighted by molar-refractivity contribution is 5.80. The lowest BCUT2D eigenvalue weighted by atomic mass is 10.1. The van der Waals surface area contributed by atoms with Crippen LogP contribution in [0.1, 0.15) is 24.6 Å². The fourth-order valence-electron chi connectivity index (χ4n) is 3.43. The van der Waals surface area contributed by atoms with E-state index < -0.39 is 0 Å². The summed E-state index contributed by atoms with van der Waals surface area (Å²) in [5.74, 6) is 0.758. The molecule has 1 aromatic carbocycles. The molecule has 3 heterocycles. The van der Waals surface area contributed by atoms with Gasteiger partial charge in [-0.2, -0.15) is 0 Å². The lowest BCUT2D eigenvalue weighted by Gasteiger charge is -2.13. The minimum absolute atomic E-state index is 0.0343. The van der Waals surface area contributed by atoms with Crippen molar-refractivity contribution >= 4 is 17.0 Å². The molecule has 2 atom stereocenters. The van der Waals surface area contributed by atoms with E-state index in [1.165, 1.54) is 5.56 Å². The number of hydrogen-bond donors (Lipinski definition) is 2. The molecule has 0 aliphatic carbocycles. The van der Waals surface area contributed by atoms with E-state index in [0.29, 0.717) is 0 Å². The van der Waals surface area contributed by atoms with E-state index in [2.05, 4.69) is 27.4 Å². The normalized spacial score (nSPS) is 19.5. The van der Waals surface area contributed by atoms with Gasteiger partial charge in [-0.25, -0.2) is 4.98 Å². The lowest BCUT2D eigenvalue weighted by Crippen LogP contribution is -2.44. The molecule has 0 saturated carbocycles. The topological polar surface area (TPSA) is 85.3 Å². The summed E-state index contributed by atoms with van der Waals surface area (Å²) in [6.07, 6.45) is 5.63. The SMILES string of the molecule is CO[n+]1cnc2c(ncn2C2CCC(CO)O2)c1NCCc1ccccc1. The predicted molar refractivity (Wildman–Crippen MR) is 99.1 cm³/mol. The van der Waals surface area contributed by atoms with Crippen LogP contribution in [0.3, 0.4) is 0 Å². The van der Waals surface area contributed by atoms with Gasteiger partial charge >= 0.3 is 0 Å². The number of ether oxygens (including phenoxy) is 1. The quantitative estimate of drug-likeness (QED) is 0.606. The molecular weight excluding hydrogens is 346 g/mol. The number of nitrogens with zero attached hydrogens (tertiary/aromatic N) is 4. The molecule has 142 valence electrons. The summed E-state index contributed by atoms with van der Waals surface area (Å²) in [7, 11) is 1.60. The molecule has 8 heteroatoms. The maximum atomic E-state index is 9.30. The van der Waals surface area contributed by atoms with Gasteiger partial charge in [-0.1, -0.05) is 40.0 Å². The first-order valence-corrected chi connectivity index (χ1v) is 9.16. The Morgan fingerprint density at radius 2 is 2.15 bits per heavy atom. The maximum absolute atomic E-state index is 9.30. The summed E-state index contributed by atoms with van der Waals surface area (Å²) in [4.78, 5) is 14.4. The number of fused-ring (bicyclic) bond motifs is 1. The van der Waals surface area contributed by atoms with Gasteiger partial charge in [0, 0.05) is 6.42 Å². The zero-order chi connectivity index (χ0) is 18.6. The van der Waals surface area contributed by atoms with Crippen LogP contribution in [-0.2, 0) is 11.2 Å². The molecule has 0 spiro atoms. The second-order valence-corrected chi connectivity index (χ2v) is 6.56. The van der Waals surface area contributed by atoms with Crippen molar-refractivity contribution in [2.75, 3.05) is 25.6 Å². The van der Waals surface area contributed by atoms with Crippen molar-refractivity contribution in [1.29, 1.82) is 0 Å². The number of imidazole rings is 1. The zero-order valence-corrected chi connectivity index (χ0v) is 15.3. The van der Waals surface area contributed by atoms with Crippen LogP contribution in [0.25, 0.3) is 11.2 Å². The van der Waals surface area contributed by atoms with Crippen LogP contribution < -0.4 is 14.9 Å². The van der Waals surface area contributed by atoms with Gasteiger partial charge in [-0.3, -0.25) is 4.57 Å². The molecule has 0 bridgehead atoms. The molecule has 8 nitrogen and oxygen atoms in total. The van der Waals surface area contributed by atoms with Crippen molar-refractivity contribution in [2.24, 2.45) is 0 Å². The van der Waals surface area contributed by atoms with E-state index in [9.17, 15) is 5.11 Å². The summed E-state index contributed by atoms with van der Waals surface area (Å²) in [5.41, 5.74) is 2.72. The average Bonchev–Trinajstić information content (AvgIpc) is 3.35. The number of anilines is 1. The Labute approximate surface area is 157 Å². The average molecular weight is 370 g/mol. The van der Waals surface area contributed by atoms with Crippen molar-refractivity contribution in [2.45, 2.75) is 31.6 Å². The van der Waals surface area contributed by atoms with Gasteiger partial charge in [0.1, 0.15) is 19.7 Å². The van der Waals surface area contributed by atoms with Gasteiger partial charge in [-0.15, -0.1) is 0 Å². The molecule has 0 radical (unpaired) electrons. The number of aliphatic hydroxyl groups excluding tert-OH is 1. The molecule has 1 saturated heterocycles. The molecule has 27 heavy (non-hydrogen) atoms. The summed E-state index contributed by atoms with van der Waals surface area (Å²) >= 11 is 0. The number of hydrogen-bond acceptors (Lipinski definition) is 6. The summed E-state index contributed by atoms with van der Waals surface area (Å²) in [6, 6.07) is 10.3. The van der Waals surface area contributed by atoms with E-state index in [4.69, 9.17) is 9.57 Å². The molecule has 2 aromatic heterocycles. The first-order chi connectivity index (χ1) is 13.3. The smallest absolute Gasteiger partial charge is 0.291 e. The Bertz CT molecular complexity index is 899. The van der Waals surface area contributed by atoms with Crippen molar-refractivity contribution in [3.63, 3.8) is 0 Å². The fraction of sp³-hybridized carbons (Fsp3) is 0.421. The Morgan fingerprint density at radius 3 is 2.89 bits per heavy atom. The molecule has 4 rings (SSSR count). The number of benzene rings is 1. The van der Waals surface area contributed by atoms with Gasteiger partial charge in [0.05, 0.1) is 19.3 Å². The molecule has 1 fully saturated rings. The first-order valence-electron chi connectivity index (χ1n) is 9.16. The zero-order valence-electron chi connectivity index (χ0n) is 15.3. The monoisotopic (exact) mass is 370 g/mol. The fourth-order valence-corrected chi connectivity index (χ4v) is 3.43. The summed E-state index contributed by atoms with van der Waals surface area (Å²) in [5, 5.41) is 12.7. The van der Waals surface area contributed by atoms with Gasteiger partial charge < -0.3 is 20.0 Å². The number of nitrogens with one attached hydrogen (secondary N) is 1. The number of aromatic nitrogens is 4. The van der Waals surface area contributed by atoms with E-state index in [1.807, 2.05) is 22.8 Å². The van der Waals surface area contributed by atoms with Gasteiger partial charge in [0.25, 0.3) is 12.1 Å². The highest BCUT2D eigenvalue weighted by Gasteiger charge is 2.30. The van der Waals surface area contributed by atoms with Crippen molar-refractivity contribution in [3.8, 4) is 0 Å². The minimum Gasteiger partial charge on any atom is -0.394 e. The van der Waals surface area contributed by atoms with Crippen LogP contribution in [0, 0.1) is 0 Å². The molecule has 3 aromatic rings. The molecule has 2 unspecified atom stereocenters. The molecule has 0 amide bonds. The number of rotatable bonds is 7. The third-order valence-corrected chi connectivity index (χ3v) is 4.84. The van der Waals surface area contributed by atoms with Crippen LogP contribution in [-0.4, -0.2) is 46.0 Å². The Kier molecular flexibility index (Phi) is 5.17.